The largest absolute Gasteiger partial charge is 0.396 e. The Kier molecular flexibility index (Phi) is 5.71. The standard InChI is InChI=1S/C21H22FN7OS/c1-10-9-27-18-17(25)19(31-21(18)28-10)20(30)29-11-2-3-12-13(6-11)15(22)7-16(14(12)8-24)26-5-4-23/h7,9,11,26H,2-6,23,25H2,1H3,(H,29,30)/t11-/m0/s1. The predicted molar refractivity (Wildman–Crippen MR) is 119 cm³/mol. The zero-order chi connectivity index (χ0) is 22.1. The Morgan fingerprint density at radius 1 is 1.45 bits per heavy atom. The summed E-state index contributed by atoms with van der Waals surface area (Å²) in [7, 11) is 0. The van der Waals surface area contributed by atoms with Crippen LogP contribution >= 0.6 is 11.3 Å². The van der Waals surface area contributed by atoms with Crippen LogP contribution in [0, 0.1) is 24.1 Å². The lowest BCUT2D eigenvalue weighted by atomic mass is 9.84. The molecule has 6 N–H and O–H groups in total. The zero-order valence-corrected chi connectivity index (χ0v) is 17.8. The van der Waals surface area contributed by atoms with Crippen LogP contribution in [-0.4, -0.2) is 35.0 Å². The number of halogens is 1. The Balaban J connectivity index is 1.56. The fourth-order valence-corrected chi connectivity index (χ4v) is 4.89. The molecule has 3 aromatic rings. The summed E-state index contributed by atoms with van der Waals surface area (Å²) in [5.41, 5.74) is 15.2. The number of thiophene rings is 1. The molecule has 10 heteroatoms. The van der Waals surface area contributed by atoms with E-state index in [-0.39, 0.29) is 11.9 Å². The summed E-state index contributed by atoms with van der Waals surface area (Å²) in [5, 5.41) is 15.6. The number of nitrogens with zero attached hydrogens (tertiary/aromatic N) is 3. The van der Waals surface area contributed by atoms with E-state index in [1.807, 2.05) is 6.92 Å². The lowest BCUT2D eigenvalue weighted by Gasteiger charge is -2.27. The van der Waals surface area contributed by atoms with Gasteiger partial charge in [0.15, 0.2) is 0 Å². The van der Waals surface area contributed by atoms with E-state index < -0.39 is 5.82 Å². The van der Waals surface area contributed by atoms with Gasteiger partial charge in [-0.1, -0.05) is 0 Å². The molecule has 31 heavy (non-hydrogen) atoms. The lowest BCUT2D eigenvalue weighted by molar-refractivity contribution is 0.0938. The van der Waals surface area contributed by atoms with Crippen molar-refractivity contribution >= 4 is 39.0 Å². The Hall–Kier alpha value is -3.29. The average Bonchev–Trinajstić information content (AvgIpc) is 3.08. The maximum atomic E-state index is 14.8. The number of anilines is 2. The number of nitrogens with one attached hydrogen (secondary N) is 2. The minimum atomic E-state index is -0.391. The van der Waals surface area contributed by atoms with Crippen LogP contribution in [0.4, 0.5) is 15.8 Å². The Bertz CT molecular complexity index is 1220. The van der Waals surface area contributed by atoms with Crippen molar-refractivity contribution in [2.45, 2.75) is 32.2 Å². The molecule has 1 aliphatic rings. The number of hydrogen-bond donors (Lipinski definition) is 4. The maximum absolute atomic E-state index is 14.8. The molecular formula is C21H22FN7OS. The average molecular weight is 440 g/mol. The number of aromatic nitrogens is 2. The van der Waals surface area contributed by atoms with Gasteiger partial charge >= 0.3 is 0 Å². The van der Waals surface area contributed by atoms with Crippen LogP contribution in [0.2, 0.25) is 0 Å². The summed E-state index contributed by atoms with van der Waals surface area (Å²) in [6.45, 7) is 2.65. The van der Waals surface area contributed by atoms with Gasteiger partial charge in [-0.3, -0.25) is 4.79 Å². The number of carbonyl (C=O) groups is 1. The molecule has 0 fully saturated rings. The van der Waals surface area contributed by atoms with E-state index >= 15 is 0 Å². The summed E-state index contributed by atoms with van der Waals surface area (Å²) < 4.78 is 14.8. The summed E-state index contributed by atoms with van der Waals surface area (Å²) in [5.74, 6) is -0.715. The molecule has 0 bridgehead atoms. The molecule has 8 nitrogen and oxygen atoms in total. The van der Waals surface area contributed by atoms with Gasteiger partial charge < -0.3 is 22.1 Å². The number of fused-ring (bicyclic) bond motifs is 2. The van der Waals surface area contributed by atoms with E-state index in [4.69, 9.17) is 11.5 Å². The summed E-state index contributed by atoms with van der Waals surface area (Å²) in [4.78, 5) is 22.5. The monoisotopic (exact) mass is 439 g/mol. The number of benzene rings is 1. The fourth-order valence-electron chi connectivity index (χ4n) is 3.89. The highest BCUT2D eigenvalue weighted by Gasteiger charge is 2.28. The van der Waals surface area contributed by atoms with Gasteiger partial charge in [-0.05, 0) is 43.4 Å². The van der Waals surface area contributed by atoms with Crippen molar-refractivity contribution in [2.24, 2.45) is 5.73 Å². The van der Waals surface area contributed by atoms with Crippen molar-refractivity contribution in [1.82, 2.24) is 15.3 Å². The summed E-state index contributed by atoms with van der Waals surface area (Å²) >= 11 is 1.19. The van der Waals surface area contributed by atoms with Gasteiger partial charge in [0, 0.05) is 25.3 Å². The van der Waals surface area contributed by atoms with Crippen LogP contribution in [0.15, 0.2) is 12.3 Å². The topological polar surface area (TPSA) is 143 Å². The first-order valence-electron chi connectivity index (χ1n) is 9.93. The third-order valence-electron chi connectivity index (χ3n) is 5.36. The third-order valence-corrected chi connectivity index (χ3v) is 6.45. The summed E-state index contributed by atoms with van der Waals surface area (Å²) in [6.07, 6.45) is 2.99. The zero-order valence-electron chi connectivity index (χ0n) is 17.0. The fraction of sp³-hybridized carbons (Fsp3) is 0.333. The molecule has 160 valence electrons. The van der Waals surface area contributed by atoms with Gasteiger partial charge in [0.1, 0.15) is 27.1 Å². The van der Waals surface area contributed by atoms with Crippen molar-refractivity contribution < 1.29 is 9.18 Å². The van der Waals surface area contributed by atoms with E-state index in [2.05, 4.69) is 26.7 Å². The normalized spacial score (nSPS) is 15.4. The molecule has 1 atom stereocenters. The van der Waals surface area contributed by atoms with Crippen LogP contribution in [0.25, 0.3) is 10.3 Å². The van der Waals surface area contributed by atoms with Crippen molar-refractivity contribution in [3.05, 3.63) is 45.3 Å². The molecular weight excluding hydrogens is 417 g/mol. The predicted octanol–water partition coefficient (Wildman–Crippen LogP) is 2.25. The second-order valence-corrected chi connectivity index (χ2v) is 8.49. The van der Waals surface area contributed by atoms with Crippen molar-refractivity contribution in [3.8, 4) is 6.07 Å². The molecule has 1 aliphatic carbocycles. The van der Waals surface area contributed by atoms with Gasteiger partial charge in [-0.15, -0.1) is 11.3 Å². The first-order chi connectivity index (χ1) is 14.9. The van der Waals surface area contributed by atoms with Crippen molar-refractivity contribution in [2.75, 3.05) is 24.1 Å². The van der Waals surface area contributed by atoms with Crippen LogP contribution in [0.3, 0.4) is 0 Å². The number of carbonyl (C=O) groups excluding carboxylic acids is 1. The number of nitriles is 1. The van der Waals surface area contributed by atoms with E-state index in [9.17, 15) is 14.4 Å². The van der Waals surface area contributed by atoms with Crippen molar-refractivity contribution in [1.29, 1.82) is 5.26 Å². The number of aryl methyl sites for hydroxylation is 1. The van der Waals surface area contributed by atoms with Crippen LogP contribution in [0.1, 0.15) is 38.5 Å². The minimum absolute atomic E-state index is 0.267. The van der Waals surface area contributed by atoms with Gasteiger partial charge in [-0.25, -0.2) is 14.4 Å². The van der Waals surface area contributed by atoms with Gasteiger partial charge in [0.05, 0.1) is 22.6 Å². The molecule has 0 saturated heterocycles. The number of hydrogen-bond acceptors (Lipinski definition) is 8. The van der Waals surface area contributed by atoms with Crippen LogP contribution < -0.4 is 22.1 Å². The third kappa shape index (κ3) is 3.89. The molecule has 2 heterocycles. The molecule has 0 spiro atoms. The molecule has 0 aliphatic heterocycles. The van der Waals surface area contributed by atoms with Gasteiger partial charge in [0.2, 0.25) is 0 Å². The van der Waals surface area contributed by atoms with Crippen LogP contribution in [0.5, 0.6) is 0 Å². The molecule has 0 radical (unpaired) electrons. The van der Waals surface area contributed by atoms with E-state index in [0.717, 1.165) is 5.69 Å². The smallest absolute Gasteiger partial charge is 0.263 e. The van der Waals surface area contributed by atoms with Gasteiger partial charge in [-0.2, -0.15) is 5.26 Å². The number of rotatable bonds is 5. The lowest BCUT2D eigenvalue weighted by Crippen LogP contribution is -2.39. The number of nitrogen functional groups attached to an aromatic ring is 1. The Labute approximate surface area is 182 Å². The highest BCUT2D eigenvalue weighted by molar-refractivity contribution is 7.21. The summed E-state index contributed by atoms with van der Waals surface area (Å²) in [6, 6.07) is 3.25. The maximum Gasteiger partial charge on any atom is 0.263 e. The molecule has 0 unspecified atom stereocenters. The molecule has 1 aromatic carbocycles. The molecule has 0 saturated carbocycles. The molecule has 1 amide bonds. The van der Waals surface area contributed by atoms with E-state index in [1.54, 1.807) is 6.20 Å². The second-order valence-electron chi connectivity index (χ2n) is 7.49. The van der Waals surface area contributed by atoms with Crippen LogP contribution in [-0.2, 0) is 12.8 Å². The van der Waals surface area contributed by atoms with Crippen molar-refractivity contribution in [3.63, 3.8) is 0 Å². The second kappa shape index (κ2) is 8.45. The Morgan fingerprint density at radius 2 is 2.26 bits per heavy atom. The number of amides is 1. The Morgan fingerprint density at radius 3 is 3.00 bits per heavy atom. The first-order valence-corrected chi connectivity index (χ1v) is 10.7. The SMILES string of the molecule is Cc1cnc2c(N)c(C(=O)N[C@H]3CCc4c(C#N)c(NCCN)cc(F)c4C3)sc2n1. The minimum Gasteiger partial charge on any atom is -0.396 e. The quantitative estimate of drug-likeness (QED) is 0.477. The molecule has 2 aromatic heterocycles. The van der Waals surface area contributed by atoms with E-state index in [0.29, 0.717) is 75.6 Å². The highest BCUT2D eigenvalue weighted by Crippen LogP contribution is 2.33. The first kappa shape index (κ1) is 21.0. The number of nitrogens with two attached hydrogens (primary N) is 2. The van der Waals surface area contributed by atoms with Gasteiger partial charge in [0.25, 0.3) is 5.91 Å². The highest BCUT2D eigenvalue weighted by atomic mass is 32.1. The molecule has 4 rings (SSSR count). The van der Waals surface area contributed by atoms with E-state index in [1.165, 1.54) is 17.4 Å².